The zero-order chi connectivity index (χ0) is 9.97. The third kappa shape index (κ3) is 1.51. The second-order valence-electron chi connectivity index (χ2n) is 2.91. The van der Waals surface area contributed by atoms with E-state index in [4.69, 9.17) is 11.6 Å². The highest BCUT2D eigenvalue weighted by Gasteiger charge is 2.09. The normalized spacial score (nSPS) is 10.4. The number of hydrogen-bond acceptors (Lipinski definition) is 2. The Bertz CT molecular complexity index is 422. The molecule has 0 aliphatic heterocycles. The molecule has 0 atom stereocenters. The van der Waals surface area contributed by atoms with E-state index in [2.05, 4.69) is 10.2 Å². The zero-order valence-corrected chi connectivity index (χ0v) is 8.57. The molecule has 1 heterocycles. The number of nitrogens with zero attached hydrogens (tertiary/aromatic N) is 3. The van der Waals surface area contributed by atoms with E-state index in [0.717, 1.165) is 17.9 Å². The van der Waals surface area contributed by atoms with Gasteiger partial charge < -0.3 is 0 Å². The van der Waals surface area contributed by atoms with E-state index in [1.54, 1.807) is 0 Å². The first kappa shape index (κ1) is 9.21. The molecule has 0 unspecified atom stereocenters. The number of aromatic nitrogens is 3. The first-order valence-electron chi connectivity index (χ1n) is 4.48. The number of aryl methyl sites for hydroxylation is 1. The van der Waals surface area contributed by atoms with Crippen LogP contribution in [0.15, 0.2) is 30.3 Å². The number of hydrogen-bond donors (Lipinski definition) is 0. The minimum absolute atomic E-state index is 0.410. The van der Waals surface area contributed by atoms with Gasteiger partial charge in [0, 0.05) is 12.1 Å². The molecular weight excluding hydrogens is 198 g/mol. The fourth-order valence-corrected chi connectivity index (χ4v) is 1.59. The summed E-state index contributed by atoms with van der Waals surface area (Å²) in [4.78, 5) is 0. The minimum Gasteiger partial charge on any atom is -0.270 e. The molecule has 0 aliphatic carbocycles. The van der Waals surface area contributed by atoms with Gasteiger partial charge in [0.05, 0.1) is 0 Å². The van der Waals surface area contributed by atoms with E-state index in [9.17, 15) is 0 Å². The van der Waals surface area contributed by atoms with Crippen LogP contribution < -0.4 is 0 Å². The Kier molecular flexibility index (Phi) is 2.50. The summed E-state index contributed by atoms with van der Waals surface area (Å²) in [6, 6.07) is 9.85. The maximum atomic E-state index is 5.95. The van der Waals surface area contributed by atoms with Crippen LogP contribution >= 0.6 is 11.6 Å². The molecule has 0 amide bonds. The summed E-state index contributed by atoms with van der Waals surface area (Å²) in [6.07, 6.45) is 0.814. The van der Waals surface area contributed by atoms with E-state index in [1.807, 2.05) is 41.8 Å². The van der Waals surface area contributed by atoms with Gasteiger partial charge in [0.1, 0.15) is 5.82 Å². The molecule has 0 fully saturated rings. The first-order chi connectivity index (χ1) is 6.83. The van der Waals surface area contributed by atoms with Gasteiger partial charge in [-0.25, -0.2) is 0 Å². The second-order valence-corrected chi connectivity index (χ2v) is 3.25. The Balaban J connectivity index is 2.55. The van der Waals surface area contributed by atoms with E-state index < -0.39 is 0 Å². The van der Waals surface area contributed by atoms with Crippen LogP contribution in [-0.4, -0.2) is 14.8 Å². The van der Waals surface area contributed by atoms with Gasteiger partial charge >= 0.3 is 0 Å². The molecule has 4 heteroatoms. The summed E-state index contributed by atoms with van der Waals surface area (Å²) in [7, 11) is 0. The molecule has 1 aromatic heterocycles. The maximum absolute atomic E-state index is 5.95. The predicted molar refractivity (Wildman–Crippen MR) is 55.7 cm³/mol. The number of halogens is 1. The lowest BCUT2D eigenvalue weighted by atomic mass is 10.3. The van der Waals surface area contributed by atoms with E-state index in [1.165, 1.54) is 0 Å². The molecule has 2 aromatic rings. The largest absolute Gasteiger partial charge is 0.270 e. The number of rotatable bonds is 2. The van der Waals surface area contributed by atoms with Crippen molar-refractivity contribution in [2.24, 2.45) is 0 Å². The predicted octanol–water partition coefficient (Wildman–Crippen LogP) is 2.48. The monoisotopic (exact) mass is 207 g/mol. The van der Waals surface area contributed by atoms with Crippen LogP contribution in [0.3, 0.4) is 0 Å². The highest BCUT2D eigenvalue weighted by atomic mass is 35.5. The van der Waals surface area contributed by atoms with E-state index in [0.29, 0.717) is 5.28 Å². The molecule has 0 bridgehead atoms. The number of para-hydroxylation sites is 1. The van der Waals surface area contributed by atoms with Crippen molar-refractivity contribution in [3.05, 3.63) is 41.4 Å². The van der Waals surface area contributed by atoms with Crippen LogP contribution in [-0.2, 0) is 6.42 Å². The third-order valence-electron chi connectivity index (χ3n) is 2.02. The molecule has 0 saturated carbocycles. The SMILES string of the molecule is CCc1nnc(Cl)n1-c1ccccc1. The summed E-state index contributed by atoms with van der Waals surface area (Å²) < 4.78 is 1.85. The van der Waals surface area contributed by atoms with Crippen molar-refractivity contribution in [3.8, 4) is 5.69 Å². The van der Waals surface area contributed by atoms with Crippen LogP contribution in [0.4, 0.5) is 0 Å². The molecule has 14 heavy (non-hydrogen) atoms. The van der Waals surface area contributed by atoms with Crippen molar-refractivity contribution < 1.29 is 0 Å². The van der Waals surface area contributed by atoms with Gasteiger partial charge in [-0.2, -0.15) is 0 Å². The quantitative estimate of drug-likeness (QED) is 0.758. The molecule has 3 nitrogen and oxygen atoms in total. The first-order valence-corrected chi connectivity index (χ1v) is 4.86. The summed E-state index contributed by atoms with van der Waals surface area (Å²) in [5.41, 5.74) is 0.999. The van der Waals surface area contributed by atoms with Crippen LogP contribution in [0, 0.1) is 0 Å². The molecule has 72 valence electrons. The molecule has 0 saturated heterocycles. The summed E-state index contributed by atoms with van der Waals surface area (Å²) in [5.74, 6) is 0.876. The Morgan fingerprint density at radius 1 is 1.21 bits per heavy atom. The topological polar surface area (TPSA) is 30.7 Å². The van der Waals surface area contributed by atoms with E-state index >= 15 is 0 Å². The van der Waals surface area contributed by atoms with Crippen molar-refractivity contribution >= 4 is 11.6 Å². The lowest BCUT2D eigenvalue weighted by Gasteiger charge is -2.05. The summed E-state index contributed by atoms with van der Waals surface area (Å²) in [5, 5.41) is 8.24. The zero-order valence-electron chi connectivity index (χ0n) is 7.81. The van der Waals surface area contributed by atoms with Gasteiger partial charge in [0.25, 0.3) is 0 Å². The van der Waals surface area contributed by atoms with Gasteiger partial charge in [-0.3, -0.25) is 4.57 Å². The van der Waals surface area contributed by atoms with Crippen LogP contribution in [0.25, 0.3) is 5.69 Å². The molecule has 0 aliphatic rings. The third-order valence-corrected chi connectivity index (χ3v) is 2.27. The summed E-state index contributed by atoms with van der Waals surface area (Å²) in [6.45, 7) is 2.03. The molecule has 1 aromatic carbocycles. The van der Waals surface area contributed by atoms with Crippen molar-refractivity contribution in [3.63, 3.8) is 0 Å². The van der Waals surface area contributed by atoms with Crippen molar-refractivity contribution in [1.82, 2.24) is 14.8 Å². The van der Waals surface area contributed by atoms with Crippen molar-refractivity contribution in [2.75, 3.05) is 0 Å². The molecule has 0 N–H and O–H groups in total. The lowest BCUT2D eigenvalue weighted by molar-refractivity contribution is 0.883. The van der Waals surface area contributed by atoms with Crippen LogP contribution in [0.1, 0.15) is 12.7 Å². The fraction of sp³-hybridized carbons (Fsp3) is 0.200. The highest BCUT2D eigenvalue weighted by Crippen LogP contribution is 2.16. The van der Waals surface area contributed by atoms with Crippen molar-refractivity contribution in [2.45, 2.75) is 13.3 Å². The van der Waals surface area contributed by atoms with E-state index in [-0.39, 0.29) is 0 Å². The van der Waals surface area contributed by atoms with Gasteiger partial charge in [0.15, 0.2) is 0 Å². The fourth-order valence-electron chi connectivity index (χ4n) is 1.36. The molecule has 2 rings (SSSR count). The Hall–Kier alpha value is -1.35. The van der Waals surface area contributed by atoms with Crippen LogP contribution in [0.5, 0.6) is 0 Å². The van der Waals surface area contributed by atoms with Gasteiger partial charge in [0.2, 0.25) is 5.28 Å². The highest BCUT2D eigenvalue weighted by molar-refractivity contribution is 6.28. The number of benzene rings is 1. The smallest absolute Gasteiger partial charge is 0.229 e. The lowest BCUT2D eigenvalue weighted by Crippen LogP contribution is -1.99. The minimum atomic E-state index is 0.410. The molecule has 0 spiro atoms. The maximum Gasteiger partial charge on any atom is 0.229 e. The summed E-state index contributed by atoms with van der Waals surface area (Å²) >= 11 is 5.95. The molecular formula is C10H10ClN3. The van der Waals surface area contributed by atoms with Gasteiger partial charge in [-0.05, 0) is 23.7 Å². The Labute approximate surface area is 87.3 Å². The van der Waals surface area contributed by atoms with Gasteiger partial charge in [-0.15, -0.1) is 10.2 Å². The molecule has 0 radical (unpaired) electrons. The van der Waals surface area contributed by atoms with Crippen LogP contribution in [0.2, 0.25) is 5.28 Å². The van der Waals surface area contributed by atoms with Crippen molar-refractivity contribution in [1.29, 1.82) is 0 Å². The average molecular weight is 208 g/mol. The Morgan fingerprint density at radius 2 is 1.93 bits per heavy atom. The van der Waals surface area contributed by atoms with Gasteiger partial charge in [-0.1, -0.05) is 25.1 Å². The Morgan fingerprint density at radius 3 is 2.57 bits per heavy atom. The second kappa shape index (κ2) is 3.80. The average Bonchev–Trinajstić information content (AvgIpc) is 2.61. The standard InChI is InChI=1S/C10H10ClN3/c1-2-9-12-13-10(11)14(9)8-6-4-3-5-7-8/h3-7H,2H2,1H3.